The second-order valence-corrected chi connectivity index (χ2v) is 5.23. The molecule has 0 radical (unpaired) electrons. The van der Waals surface area contributed by atoms with Crippen molar-refractivity contribution in [2.24, 2.45) is 0 Å². The molecule has 1 heterocycles. The van der Waals surface area contributed by atoms with E-state index in [2.05, 4.69) is 0 Å². The van der Waals surface area contributed by atoms with Gasteiger partial charge in [-0.1, -0.05) is 0 Å². The molecule has 0 bridgehead atoms. The summed E-state index contributed by atoms with van der Waals surface area (Å²) in [7, 11) is 3.09. The zero-order valence-corrected chi connectivity index (χ0v) is 13.3. The first-order valence-corrected chi connectivity index (χ1v) is 7.34. The van der Waals surface area contributed by atoms with Crippen LogP contribution in [0.5, 0.6) is 11.5 Å². The minimum atomic E-state index is -0.209. The Morgan fingerprint density at radius 1 is 1.18 bits per heavy atom. The van der Waals surface area contributed by atoms with Crippen molar-refractivity contribution < 1.29 is 19.1 Å². The summed E-state index contributed by atoms with van der Waals surface area (Å²) in [5.41, 5.74) is 0.543. The van der Waals surface area contributed by atoms with Gasteiger partial charge in [0.25, 0.3) is 0 Å². The molecule has 6 heteroatoms. The van der Waals surface area contributed by atoms with E-state index in [0.29, 0.717) is 17.2 Å². The Labute approximate surface area is 130 Å². The Morgan fingerprint density at radius 3 is 2.41 bits per heavy atom. The van der Waals surface area contributed by atoms with E-state index in [9.17, 15) is 9.59 Å². The second kappa shape index (κ2) is 7.15. The van der Waals surface area contributed by atoms with Crippen molar-refractivity contribution in [1.29, 1.82) is 0 Å². The predicted molar refractivity (Wildman–Crippen MR) is 83.4 cm³/mol. The summed E-state index contributed by atoms with van der Waals surface area (Å²) in [6.45, 7) is 2.98. The smallest absolute Gasteiger partial charge is 0.242 e. The molecule has 0 saturated carbocycles. The first-order chi connectivity index (χ1) is 10.6. The number of amides is 2. The summed E-state index contributed by atoms with van der Waals surface area (Å²) in [6.07, 6.45) is 2.04. The molecule has 0 aromatic heterocycles. The van der Waals surface area contributed by atoms with Crippen LogP contribution in [0.3, 0.4) is 0 Å². The van der Waals surface area contributed by atoms with Crippen LogP contribution in [0.15, 0.2) is 18.2 Å². The van der Waals surface area contributed by atoms with Crippen LogP contribution in [0.2, 0.25) is 0 Å². The molecule has 0 spiro atoms. The molecule has 1 aromatic rings. The predicted octanol–water partition coefficient (Wildman–Crippen LogP) is 1.68. The summed E-state index contributed by atoms with van der Waals surface area (Å²) in [4.78, 5) is 27.6. The van der Waals surface area contributed by atoms with Gasteiger partial charge in [0.2, 0.25) is 11.8 Å². The average Bonchev–Trinajstić information content (AvgIpc) is 3.06. The normalized spacial score (nSPS) is 13.9. The van der Waals surface area contributed by atoms with Gasteiger partial charge < -0.3 is 14.4 Å². The lowest BCUT2D eigenvalue weighted by molar-refractivity contribution is -0.130. The lowest BCUT2D eigenvalue weighted by Crippen LogP contribution is -2.41. The molecule has 0 N–H and O–H groups in total. The van der Waals surface area contributed by atoms with Crippen molar-refractivity contribution in [2.75, 3.05) is 38.8 Å². The summed E-state index contributed by atoms with van der Waals surface area (Å²) in [5, 5.41) is 0. The first-order valence-electron chi connectivity index (χ1n) is 7.34. The maximum Gasteiger partial charge on any atom is 0.242 e. The number of anilines is 1. The zero-order valence-electron chi connectivity index (χ0n) is 13.3. The molecule has 1 aromatic carbocycles. The molecule has 2 amide bonds. The highest BCUT2D eigenvalue weighted by Crippen LogP contribution is 2.32. The Morgan fingerprint density at radius 2 is 1.86 bits per heavy atom. The Balaban J connectivity index is 2.27. The van der Waals surface area contributed by atoms with E-state index in [-0.39, 0.29) is 18.4 Å². The van der Waals surface area contributed by atoms with Crippen LogP contribution in [0, 0.1) is 0 Å². The molecule has 0 aliphatic carbocycles. The Bertz CT molecular complexity index is 553. The minimum Gasteiger partial charge on any atom is -0.497 e. The third-order valence-electron chi connectivity index (χ3n) is 3.81. The van der Waals surface area contributed by atoms with Crippen molar-refractivity contribution in [3.63, 3.8) is 0 Å². The quantitative estimate of drug-likeness (QED) is 0.830. The van der Waals surface area contributed by atoms with Crippen LogP contribution in [-0.4, -0.2) is 50.6 Å². The van der Waals surface area contributed by atoms with Crippen molar-refractivity contribution in [3.8, 4) is 11.5 Å². The number of ether oxygens (including phenoxy) is 2. The fourth-order valence-electron chi connectivity index (χ4n) is 2.58. The number of likely N-dealkylation sites (tertiary alicyclic amines) is 1. The lowest BCUT2D eigenvalue weighted by atomic mass is 10.2. The van der Waals surface area contributed by atoms with Crippen LogP contribution in [0.1, 0.15) is 19.8 Å². The van der Waals surface area contributed by atoms with Crippen molar-refractivity contribution in [3.05, 3.63) is 18.2 Å². The molecule has 2 rings (SSSR count). The Hall–Kier alpha value is -2.24. The van der Waals surface area contributed by atoms with Gasteiger partial charge in [0.05, 0.1) is 19.9 Å². The molecule has 1 aliphatic rings. The van der Waals surface area contributed by atoms with Crippen LogP contribution in [-0.2, 0) is 9.59 Å². The number of benzene rings is 1. The molecule has 1 aliphatic heterocycles. The van der Waals surface area contributed by atoms with E-state index < -0.39 is 0 Å². The van der Waals surface area contributed by atoms with Gasteiger partial charge in [-0.05, 0) is 25.0 Å². The molecule has 6 nitrogen and oxygen atoms in total. The molecule has 22 heavy (non-hydrogen) atoms. The van der Waals surface area contributed by atoms with Crippen LogP contribution in [0.25, 0.3) is 0 Å². The molecular weight excluding hydrogens is 284 g/mol. The fourth-order valence-corrected chi connectivity index (χ4v) is 2.58. The largest absolute Gasteiger partial charge is 0.497 e. The van der Waals surface area contributed by atoms with E-state index in [1.807, 2.05) is 0 Å². The molecule has 120 valence electrons. The maximum absolute atomic E-state index is 12.3. The minimum absolute atomic E-state index is 0.0128. The van der Waals surface area contributed by atoms with E-state index in [4.69, 9.17) is 9.47 Å². The lowest BCUT2D eigenvalue weighted by Gasteiger charge is -2.25. The number of hydrogen-bond acceptors (Lipinski definition) is 4. The van der Waals surface area contributed by atoms with Gasteiger partial charge >= 0.3 is 0 Å². The third-order valence-corrected chi connectivity index (χ3v) is 3.81. The molecule has 0 atom stereocenters. The highest BCUT2D eigenvalue weighted by molar-refractivity contribution is 5.99. The van der Waals surface area contributed by atoms with Gasteiger partial charge in [0.1, 0.15) is 18.0 Å². The highest BCUT2D eigenvalue weighted by Gasteiger charge is 2.24. The molecule has 1 saturated heterocycles. The second-order valence-electron chi connectivity index (χ2n) is 5.23. The van der Waals surface area contributed by atoms with Crippen LogP contribution in [0.4, 0.5) is 5.69 Å². The highest BCUT2D eigenvalue weighted by atomic mass is 16.5. The van der Waals surface area contributed by atoms with Gasteiger partial charge in [-0.3, -0.25) is 14.5 Å². The number of rotatable bonds is 5. The van der Waals surface area contributed by atoms with Gasteiger partial charge in [-0.2, -0.15) is 0 Å². The Kier molecular flexibility index (Phi) is 5.25. The number of nitrogens with zero attached hydrogens (tertiary/aromatic N) is 2. The number of hydrogen-bond donors (Lipinski definition) is 0. The van der Waals surface area contributed by atoms with E-state index >= 15 is 0 Å². The van der Waals surface area contributed by atoms with E-state index in [1.165, 1.54) is 18.9 Å². The van der Waals surface area contributed by atoms with E-state index in [1.54, 1.807) is 30.2 Å². The monoisotopic (exact) mass is 306 g/mol. The van der Waals surface area contributed by atoms with Gasteiger partial charge in [0.15, 0.2) is 0 Å². The third kappa shape index (κ3) is 3.50. The van der Waals surface area contributed by atoms with Gasteiger partial charge in [0, 0.05) is 26.1 Å². The summed E-state index contributed by atoms with van der Waals surface area (Å²) >= 11 is 0. The number of carbonyl (C=O) groups excluding carboxylic acids is 2. The molecule has 0 unspecified atom stereocenters. The SMILES string of the molecule is COc1ccc(OC)c(N(CC(=O)N2CCCC2)C(C)=O)c1. The van der Waals surface area contributed by atoms with Crippen LogP contribution < -0.4 is 14.4 Å². The zero-order chi connectivity index (χ0) is 16.1. The van der Waals surface area contributed by atoms with Crippen molar-refractivity contribution >= 4 is 17.5 Å². The number of methoxy groups -OCH3 is 2. The van der Waals surface area contributed by atoms with E-state index in [0.717, 1.165) is 25.9 Å². The van der Waals surface area contributed by atoms with Crippen molar-refractivity contribution in [1.82, 2.24) is 4.90 Å². The number of carbonyl (C=O) groups is 2. The van der Waals surface area contributed by atoms with Crippen LogP contribution >= 0.6 is 0 Å². The summed E-state index contributed by atoms with van der Waals surface area (Å²) < 4.78 is 10.5. The van der Waals surface area contributed by atoms with Gasteiger partial charge in [-0.15, -0.1) is 0 Å². The fraction of sp³-hybridized carbons (Fsp3) is 0.500. The van der Waals surface area contributed by atoms with Crippen molar-refractivity contribution in [2.45, 2.75) is 19.8 Å². The molecule has 1 fully saturated rings. The summed E-state index contributed by atoms with van der Waals surface area (Å²) in [6, 6.07) is 5.19. The topological polar surface area (TPSA) is 59.1 Å². The standard InChI is InChI=1S/C16H22N2O4/c1-12(19)18(11-16(20)17-8-4-5-9-17)14-10-13(21-2)6-7-15(14)22-3/h6-7,10H,4-5,8-9,11H2,1-3H3. The first kappa shape index (κ1) is 16.1. The average molecular weight is 306 g/mol. The molecular formula is C16H22N2O4. The summed E-state index contributed by atoms with van der Waals surface area (Å²) in [5.74, 6) is 0.887. The van der Waals surface area contributed by atoms with Gasteiger partial charge in [-0.25, -0.2) is 0 Å². The maximum atomic E-state index is 12.3.